The summed E-state index contributed by atoms with van der Waals surface area (Å²) in [5.74, 6) is -1.33. The van der Waals surface area contributed by atoms with Crippen LogP contribution in [0, 0.1) is 0 Å². The second kappa shape index (κ2) is 8.58. The third-order valence-corrected chi connectivity index (χ3v) is 5.07. The van der Waals surface area contributed by atoms with Crippen molar-refractivity contribution in [3.05, 3.63) is 48.0 Å². The van der Waals surface area contributed by atoms with E-state index < -0.39 is 18.4 Å². The lowest BCUT2D eigenvalue weighted by Gasteiger charge is -2.35. The Morgan fingerprint density at radius 1 is 1.03 bits per heavy atom. The topological polar surface area (TPSA) is 88.2 Å². The summed E-state index contributed by atoms with van der Waals surface area (Å²) in [6, 6.07) is 11.1. The van der Waals surface area contributed by atoms with Gasteiger partial charge in [0, 0.05) is 49.2 Å². The Morgan fingerprint density at radius 3 is 2.42 bits per heavy atom. The van der Waals surface area contributed by atoms with Crippen LogP contribution < -0.4 is 19.7 Å². The van der Waals surface area contributed by atoms with Gasteiger partial charge in [-0.3, -0.25) is 14.4 Å². The Bertz CT molecular complexity index is 1000. The van der Waals surface area contributed by atoms with Gasteiger partial charge in [0.25, 0.3) is 0 Å². The number of amides is 2. The number of hydrogen-bond acceptors (Lipinski definition) is 6. The van der Waals surface area contributed by atoms with E-state index >= 15 is 0 Å². The first-order valence-corrected chi connectivity index (χ1v) is 9.63. The third-order valence-electron chi connectivity index (χ3n) is 5.07. The molecule has 0 aliphatic carbocycles. The van der Waals surface area contributed by atoms with E-state index in [0.717, 1.165) is 11.3 Å². The van der Waals surface area contributed by atoms with Crippen molar-refractivity contribution in [2.24, 2.45) is 0 Å². The van der Waals surface area contributed by atoms with Gasteiger partial charge in [-0.2, -0.15) is 8.78 Å². The van der Waals surface area contributed by atoms with E-state index in [9.17, 15) is 23.2 Å². The standard InChI is InChI=1S/C21H19F2N3O5/c22-21(23)30-16-5-3-15(4-6-16)25-7-9-26(10-8-25)20(29)19(28)24-14-2-1-13-11-18(27)31-17(13)12-14/h1-6,12,21H,7-11H2,(H,24,28). The minimum atomic E-state index is -2.88. The fourth-order valence-corrected chi connectivity index (χ4v) is 3.52. The van der Waals surface area contributed by atoms with Gasteiger partial charge in [-0.15, -0.1) is 0 Å². The van der Waals surface area contributed by atoms with Gasteiger partial charge in [0.05, 0.1) is 6.42 Å². The molecule has 162 valence electrons. The predicted octanol–water partition coefficient (Wildman–Crippen LogP) is 2.04. The largest absolute Gasteiger partial charge is 0.435 e. The number of nitrogens with one attached hydrogen (secondary N) is 1. The molecule has 0 aromatic heterocycles. The molecule has 2 aromatic carbocycles. The average Bonchev–Trinajstić information content (AvgIpc) is 3.13. The summed E-state index contributed by atoms with van der Waals surface area (Å²) in [4.78, 5) is 39.6. The molecule has 0 atom stereocenters. The van der Waals surface area contributed by atoms with Crippen molar-refractivity contribution >= 4 is 29.2 Å². The molecule has 2 aliphatic heterocycles. The average molecular weight is 431 g/mol. The van der Waals surface area contributed by atoms with Crippen LogP contribution >= 0.6 is 0 Å². The van der Waals surface area contributed by atoms with Crippen LogP contribution in [-0.2, 0) is 20.8 Å². The van der Waals surface area contributed by atoms with E-state index in [4.69, 9.17) is 4.74 Å². The first kappa shape index (κ1) is 20.6. The minimum Gasteiger partial charge on any atom is -0.435 e. The molecule has 4 rings (SSSR count). The van der Waals surface area contributed by atoms with Crippen LogP contribution in [0.1, 0.15) is 5.56 Å². The first-order valence-electron chi connectivity index (χ1n) is 9.63. The molecule has 0 saturated carbocycles. The lowest BCUT2D eigenvalue weighted by Crippen LogP contribution is -2.51. The number of carbonyl (C=O) groups excluding carboxylic acids is 3. The van der Waals surface area contributed by atoms with Crippen LogP contribution in [0.25, 0.3) is 0 Å². The number of piperazine rings is 1. The molecule has 2 heterocycles. The van der Waals surface area contributed by atoms with Gasteiger partial charge in [-0.25, -0.2) is 0 Å². The number of fused-ring (bicyclic) bond motifs is 1. The number of anilines is 2. The van der Waals surface area contributed by atoms with Crippen molar-refractivity contribution in [1.82, 2.24) is 4.90 Å². The van der Waals surface area contributed by atoms with Crippen molar-refractivity contribution in [3.8, 4) is 11.5 Å². The second-order valence-corrected chi connectivity index (χ2v) is 7.08. The summed E-state index contributed by atoms with van der Waals surface area (Å²) in [5, 5.41) is 2.54. The molecular formula is C21H19F2N3O5. The van der Waals surface area contributed by atoms with Gasteiger partial charge in [-0.05, 0) is 30.3 Å². The monoisotopic (exact) mass is 431 g/mol. The van der Waals surface area contributed by atoms with E-state index in [1.807, 2.05) is 4.90 Å². The second-order valence-electron chi connectivity index (χ2n) is 7.08. The molecule has 1 fully saturated rings. The molecule has 0 unspecified atom stereocenters. The Kier molecular flexibility index (Phi) is 5.70. The van der Waals surface area contributed by atoms with E-state index in [1.165, 1.54) is 23.1 Å². The molecule has 8 nitrogen and oxygen atoms in total. The summed E-state index contributed by atoms with van der Waals surface area (Å²) >= 11 is 0. The molecule has 1 N–H and O–H groups in total. The van der Waals surface area contributed by atoms with Crippen LogP contribution in [0.2, 0.25) is 0 Å². The number of hydrogen-bond donors (Lipinski definition) is 1. The molecule has 1 saturated heterocycles. The fraction of sp³-hybridized carbons (Fsp3) is 0.286. The zero-order chi connectivity index (χ0) is 22.0. The Morgan fingerprint density at radius 2 is 1.74 bits per heavy atom. The summed E-state index contributed by atoms with van der Waals surface area (Å²) < 4.78 is 33.9. The van der Waals surface area contributed by atoms with E-state index in [0.29, 0.717) is 37.6 Å². The van der Waals surface area contributed by atoms with Crippen molar-refractivity contribution < 1.29 is 32.6 Å². The number of ether oxygens (including phenoxy) is 2. The van der Waals surface area contributed by atoms with Crippen LogP contribution in [-0.4, -0.2) is 55.5 Å². The Labute approximate surface area is 176 Å². The van der Waals surface area contributed by atoms with Gasteiger partial charge in [0.15, 0.2) is 0 Å². The van der Waals surface area contributed by atoms with Crippen molar-refractivity contribution in [2.45, 2.75) is 13.0 Å². The maximum Gasteiger partial charge on any atom is 0.387 e. The summed E-state index contributed by atoms with van der Waals surface area (Å²) in [5.41, 5.74) is 1.92. The van der Waals surface area contributed by atoms with Gasteiger partial charge in [0.1, 0.15) is 11.5 Å². The smallest absolute Gasteiger partial charge is 0.387 e. The van der Waals surface area contributed by atoms with Crippen LogP contribution in [0.4, 0.5) is 20.2 Å². The molecule has 0 bridgehead atoms. The Balaban J connectivity index is 1.30. The highest BCUT2D eigenvalue weighted by Crippen LogP contribution is 2.29. The number of nitrogens with zero attached hydrogens (tertiary/aromatic N) is 2. The SMILES string of the molecule is O=C1Cc2ccc(NC(=O)C(=O)N3CCN(c4ccc(OC(F)F)cc4)CC3)cc2O1. The van der Waals surface area contributed by atoms with Gasteiger partial charge >= 0.3 is 24.4 Å². The molecule has 10 heteroatoms. The van der Waals surface area contributed by atoms with Crippen LogP contribution in [0.15, 0.2) is 42.5 Å². The fourth-order valence-electron chi connectivity index (χ4n) is 3.52. The van der Waals surface area contributed by atoms with Crippen LogP contribution in [0.3, 0.4) is 0 Å². The van der Waals surface area contributed by atoms with Crippen LogP contribution in [0.5, 0.6) is 11.5 Å². The molecule has 31 heavy (non-hydrogen) atoms. The number of alkyl halides is 2. The van der Waals surface area contributed by atoms with E-state index in [1.54, 1.807) is 24.3 Å². The maximum atomic E-state index is 12.5. The number of halogens is 2. The molecule has 0 spiro atoms. The number of benzene rings is 2. The highest BCUT2D eigenvalue weighted by molar-refractivity contribution is 6.39. The highest BCUT2D eigenvalue weighted by atomic mass is 19.3. The number of esters is 1. The maximum absolute atomic E-state index is 12.5. The zero-order valence-corrected chi connectivity index (χ0v) is 16.3. The number of rotatable bonds is 4. The lowest BCUT2D eigenvalue weighted by atomic mass is 10.1. The summed E-state index contributed by atoms with van der Waals surface area (Å²) in [6.07, 6.45) is 0.189. The van der Waals surface area contributed by atoms with Gasteiger partial charge in [-0.1, -0.05) is 6.07 Å². The van der Waals surface area contributed by atoms with Crippen molar-refractivity contribution in [2.75, 3.05) is 36.4 Å². The molecule has 2 aliphatic rings. The lowest BCUT2D eigenvalue weighted by molar-refractivity contribution is -0.143. The van der Waals surface area contributed by atoms with E-state index in [-0.39, 0.29) is 18.1 Å². The normalized spacial score (nSPS) is 15.5. The third kappa shape index (κ3) is 4.73. The van der Waals surface area contributed by atoms with Gasteiger partial charge in [0.2, 0.25) is 0 Å². The quantitative estimate of drug-likeness (QED) is 0.453. The molecule has 2 amide bonds. The summed E-state index contributed by atoms with van der Waals surface area (Å²) in [7, 11) is 0. The molecule has 0 radical (unpaired) electrons. The number of carbonyl (C=O) groups is 3. The Hall–Kier alpha value is -3.69. The van der Waals surface area contributed by atoms with Crippen molar-refractivity contribution in [3.63, 3.8) is 0 Å². The first-order chi connectivity index (χ1) is 14.9. The minimum absolute atomic E-state index is 0.0746. The summed E-state index contributed by atoms with van der Waals surface area (Å²) in [6.45, 7) is -1.23. The van der Waals surface area contributed by atoms with Gasteiger partial charge < -0.3 is 24.6 Å². The zero-order valence-electron chi connectivity index (χ0n) is 16.3. The van der Waals surface area contributed by atoms with E-state index in [2.05, 4.69) is 10.1 Å². The molecular weight excluding hydrogens is 412 g/mol. The predicted molar refractivity (Wildman–Crippen MR) is 106 cm³/mol. The highest BCUT2D eigenvalue weighted by Gasteiger charge is 2.27. The molecule has 2 aromatic rings. The van der Waals surface area contributed by atoms with Crippen molar-refractivity contribution in [1.29, 1.82) is 0 Å².